The zero-order valence-corrected chi connectivity index (χ0v) is 15.5. The zero-order chi connectivity index (χ0) is 18.7. The number of nitrogens with one attached hydrogen (secondary N) is 2. The smallest absolute Gasteiger partial charge is 0.270 e. The summed E-state index contributed by atoms with van der Waals surface area (Å²) in [6.45, 7) is 5.16. The van der Waals surface area contributed by atoms with Gasteiger partial charge in [-0.3, -0.25) is 4.79 Å². The minimum Gasteiger partial charge on any atom is -0.497 e. The second-order valence-corrected chi connectivity index (χ2v) is 6.49. The number of aromatic nitrogens is 2. The molecule has 0 fully saturated rings. The maximum Gasteiger partial charge on any atom is 0.270 e. The fraction of sp³-hybridized carbons (Fsp3) is 0.421. The van der Waals surface area contributed by atoms with Crippen molar-refractivity contribution in [3.05, 3.63) is 40.8 Å². The predicted octanol–water partition coefficient (Wildman–Crippen LogP) is 2.52. The summed E-state index contributed by atoms with van der Waals surface area (Å²) in [5.74, 6) is 2.83. The van der Waals surface area contributed by atoms with Crippen molar-refractivity contribution in [2.45, 2.75) is 32.7 Å². The van der Waals surface area contributed by atoms with E-state index in [1.807, 2.05) is 32.0 Å². The number of hydrogen-bond acceptors (Lipinski definition) is 6. The molecule has 1 amide bonds. The first kappa shape index (κ1) is 18.0. The van der Waals surface area contributed by atoms with Crippen LogP contribution < -0.4 is 20.1 Å². The Balaban J connectivity index is 1.91. The van der Waals surface area contributed by atoms with Gasteiger partial charge in [-0.25, -0.2) is 9.97 Å². The molecule has 0 saturated heterocycles. The van der Waals surface area contributed by atoms with E-state index in [1.165, 1.54) is 0 Å². The van der Waals surface area contributed by atoms with Gasteiger partial charge in [0.2, 0.25) is 0 Å². The summed E-state index contributed by atoms with van der Waals surface area (Å²) in [5, 5.41) is 6.21. The highest BCUT2D eigenvalue weighted by Crippen LogP contribution is 2.26. The lowest BCUT2D eigenvalue weighted by molar-refractivity contribution is 0.0940. The monoisotopic (exact) mass is 356 g/mol. The average molecular weight is 356 g/mol. The normalized spacial score (nSPS) is 13.2. The number of amides is 1. The number of anilines is 1. The van der Waals surface area contributed by atoms with Gasteiger partial charge < -0.3 is 20.1 Å². The molecule has 0 bridgehead atoms. The molecule has 0 saturated carbocycles. The van der Waals surface area contributed by atoms with Crippen LogP contribution >= 0.6 is 0 Å². The first-order valence-corrected chi connectivity index (χ1v) is 8.66. The van der Waals surface area contributed by atoms with E-state index >= 15 is 0 Å². The van der Waals surface area contributed by atoms with Gasteiger partial charge in [-0.15, -0.1) is 0 Å². The van der Waals surface area contributed by atoms with Crippen molar-refractivity contribution in [1.82, 2.24) is 15.3 Å². The van der Waals surface area contributed by atoms with Crippen LogP contribution in [0.25, 0.3) is 0 Å². The second kappa shape index (κ2) is 7.59. The molecule has 0 spiro atoms. The molecule has 1 aliphatic rings. The van der Waals surface area contributed by atoms with Crippen molar-refractivity contribution in [2.24, 2.45) is 0 Å². The topological polar surface area (TPSA) is 85.4 Å². The number of nitrogens with zero attached hydrogens (tertiary/aromatic N) is 2. The first-order chi connectivity index (χ1) is 12.5. The molecule has 0 aliphatic carbocycles. The van der Waals surface area contributed by atoms with Crippen molar-refractivity contribution in [1.29, 1.82) is 0 Å². The maximum absolute atomic E-state index is 12.2. The average Bonchev–Trinajstić information content (AvgIpc) is 2.66. The predicted molar refractivity (Wildman–Crippen MR) is 99.0 cm³/mol. The molecular weight excluding hydrogens is 332 g/mol. The molecule has 7 nitrogen and oxygen atoms in total. The van der Waals surface area contributed by atoms with Gasteiger partial charge in [-0.1, -0.05) is 13.8 Å². The number of methoxy groups -OCH3 is 2. The summed E-state index contributed by atoms with van der Waals surface area (Å²) in [6.07, 6.45) is 0.712. The summed E-state index contributed by atoms with van der Waals surface area (Å²) in [6, 6.07) is 5.72. The van der Waals surface area contributed by atoms with Crippen LogP contribution in [0.15, 0.2) is 18.2 Å². The summed E-state index contributed by atoms with van der Waals surface area (Å²) in [7, 11) is 3.25. The molecule has 1 aromatic carbocycles. The molecule has 1 aromatic heterocycles. The van der Waals surface area contributed by atoms with E-state index in [-0.39, 0.29) is 11.8 Å². The Morgan fingerprint density at radius 2 is 1.85 bits per heavy atom. The lowest BCUT2D eigenvalue weighted by Gasteiger charge is -2.21. The second-order valence-electron chi connectivity index (χ2n) is 6.49. The van der Waals surface area contributed by atoms with Gasteiger partial charge in [0.1, 0.15) is 28.8 Å². The van der Waals surface area contributed by atoms with Gasteiger partial charge in [0.15, 0.2) is 0 Å². The highest BCUT2D eigenvalue weighted by Gasteiger charge is 2.24. The molecule has 7 heteroatoms. The fourth-order valence-corrected chi connectivity index (χ4v) is 2.87. The van der Waals surface area contributed by atoms with E-state index in [0.717, 1.165) is 28.4 Å². The van der Waals surface area contributed by atoms with Gasteiger partial charge in [-0.2, -0.15) is 0 Å². The summed E-state index contributed by atoms with van der Waals surface area (Å²) in [5.41, 5.74) is 2.34. The number of carbonyl (C=O) groups excluding carboxylic acids is 1. The maximum atomic E-state index is 12.2. The summed E-state index contributed by atoms with van der Waals surface area (Å²) >= 11 is 0. The first-order valence-electron chi connectivity index (χ1n) is 8.66. The molecule has 2 heterocycles. The van der Waals surface area contributed by atoms with Crippen LogP contribution in [0.2, 0.25) is 0 Å². The quantitative estimate of drug-likeness (QED) is 0.827. The lowest BCUT2D eigenvalue weighted by atomic mass is 10.0. The van der Waals surface area contributed by atoms with E-state index in [2.05, 4.69) is 20.6 Å². The largest absolute Gasteiger partial charge is 0.497 e. The molecule has 2 aromatic rings. The standard InChI is InChI=1S/C19H24N4O3/c1-11(2)17-22-16-15(5-6-20-19(16)24)18(23-17)21-10-12-7-13(25-3)9-14(8-12)26-4/h7-9,11H,5-6,10H2,1-4H3,(H,20,24)(H,21,22,23). The van der Waals surface area contributed by atoms with Gasteiger partial charge in [-0.05, 0) is 24.1 Å². The molecule has 0 atom stereocenters. The Kier molecular flexibility index (Phi) is 5.25. The van der Waals surface area contributed by atoms with E-state index in [4.69, 9.17) is 9.47 Å². The van der Waals surface area contributed by atoms with Crippen molar-refractivity contribution in [2.75, 3.05) is 26.1 Å². The van der Waals surface area contributed by atoms with Crippen LogP contribution in [0.1, 0.15) is 47.2 Å². The van der Waals surface area contributed by atoms with Gasteiger partial charge in [0.25, 0.3) is 5.91 Å². The van der Waals surface area contributed by atoms with Gasteiger partial charge in [0.05, 0.1) is 14.2 Å². The molecular formula is C19H24N4O3. The third kappa shape index (κ3) is 3.71. The Bertz CT molecular complexity index is 798. The van der Waals surface area contributed by atoms with Crippen LogP contribution in [0.4, 0.5) is 5.82 Å². The van der Waals surface area contributed by atoms with E-state index < -0.39 is 0 Å². The van der Waals surface area contributed by atoms with Crippen LogP contribution in [-0.2, 0) is 13.0 Å². The van der Waals surface area contributed by atoms with Crippen molar-refractivity contribution in [3.8, 4) is 11.5 Å². The third-order valence-electron chi connectivity index (χ3n) is 4.29. The molecule has 0 radical (unpaired) electrons. The fourth-order valence-electron chi connectivity index (χ4n) is 2.87. The SMILES string of the molecule is COc1cc(CNc2nc(C(C)C)nc3c2CCNC3=O)cc(OC)c1. The minimum absolute atomic E-state index is 0.132. The third-order valence-corrected chi connectivity index (χ3v) is 4.29. The Labute approximate surface area is 153 Å². The van der Waals surface area contributed by atoms with E-state index in [1.54, 1.807) is 14.2 Å². The summed E-state index contributed by atoms with van der Waals surface area (Å²) in [4.78, 5) is 21.3. The number of hydrogen-bond donors (Lipinski definition) is 2. The van der Waals surface area contributed by atoms with Gasteiger partial charge >= 0.3 is 0 Å². The molecule has 1 aliphatic heterocycles. The lowest BCUT2D eigenvalue weighted by Crippen LogP contribution is -2.34. The summed E-state index contributed by atoms with van der Waals surface area (Å²) < 4.78 is 10.6. The highest BCUT2D eigenvalue weighted by atomic mass is 16.5. The van der Waals surface area contributed by atoms with Crippen molar-refractivity contribution >= 4 is 11.7 Å². The van der Waals surface area contributed by atoms with Crippen molar-refractivity contribution < 1.29 is 14.3 Å². The van der Waals surface area contributed by atoms with Crippen LogP contribution in [0.5, 0.6) is 11.5 Å². The molecule has 138 valence electrons. The molecule has 3 rings (SSSR count). The Morgan fingerprint density at radius 3 is 2.46 bits per heavy atom. The number of benzene rings is 1. The minimum atomic E-state index is -0.137. The highest BCUT2D eigenvalue weighted by molar-refractivity contribution is 5.96. The number of fused-ring (bicyclic) bond motifs is 1. The molecule has 26 heavy (non-hydrogen) atoms. The molecule has 2 N–H and O–H groups in total. The van der Waals surface area contributed by atoms with E-state index in [9.17, 15) is 4.79 Å². The number of carbonyl (C=O) groups is 1. The number of ether oxygens (including phenoxy) is 2. The van der Waals surface area contributed by atoms with Crippen LogP contribution in [0, 0.1) is 0 Å². The number of rotatable bonds is 6. The van der Waals surface area contributed by atoms with Gasteiger partial charge in [0, 0.05) is 30.6 Å². The Morgan fingerprint density at radius 1 is 1.15 bits per heavy atom. The Hall–Kier alpha value is -2.83. The van der Waals surface area contributed by atoms with E-state index in [0.29, 0.717) is 31.0 Å². The zero-order valence-electron chi connectivity index (χ0n) is 15.5. The van der Waals surface area contributed by atoms with Crippen molar-refractivity contribution in [3.63, 3.8) is 0 Å². The van der Waals surface area contributed by atoms with Crippen LogP contribution in [-0.4, -0.2) is 36.6 Å². The molecule has 0 unspecified atom stereocenters. The van der Waals surface area contributed by atoms with Crippen LogP contribution in [0.3, 0.4) is 0 Å².